The highest BCUT2D eigenvalue weighted by atomic mass is 32.2. The quantitative estimate of drug-likeness (QED) is 0.407. The van der Waals surface area contributed by atoms with Gasteiger partial charge < -0.3 is 19.1 Å². The third kappa shape index (κ3) is 5.92. The molecule has 2 aromatic carbocycles. The lowest BCUT2D eigenvalue weighted by atomic mass is 10.1. The van der Waals surface area contributed by atoms with E-state index in [1.54, 1.807) is 55.4 Å². The van der Waals surface area contributed by atoms with Crippen molar-refractivity contribution in [1.29, 1.82) is 0 Å². The topological polar surface area (TPSA) is 109 Å². The predicted molar refractivity (Wildman–Crippen MR) is 132 cm³/mol. The summed E-state index contributed by atoms with van der Waals surface area (Å²) in [6, 6.07) is 10.8. The molecule has 1 aliphatic heterocycles. The van der Waals surface area contributed by atoms with Crippen molar-refractivity contribution in [2.24, 2.45) is 0 Å². The molecule has 1 aromatic heterocycles. The fourth-order valence-electron chi connectivity index (χ4n) is 4.15. The summed E-state index contributed by atoms with van der Waals surface area (Å²) in [6.07, 6.45) is 4.12. The Bertz CT molecular complexity index is 1330. The van der Waals surface area contributed by atoms with E-state index in [9.17, 15) is 13.2 Å². The van der Waals surface area contributed by atoms with Gasteiger partial charge in [0.2, 0.25) is 0 Å². The maximum atomic E-state index is 13.4. The van der Waals surface area contributed by atoms with Crippen LogP contribution in [0.4, 0.5) is 11.4 Å². The first-order valence-electron chi connectivity index (χ1n) is 11.2. The SMILES string of the molecule is COc1cc(OC)cc(N(CCOS(C)(=O)=O)c2ccc3ncn(C4CCOCC4)c(=O)c3c2)c1. The third-order valence-electron chi connectivity index (χ3n) is 5.92. The van der Waals surface area contributed by atoms with Crippen LogP contribution in [-0.2, 0) is 19.0 Å². The molecule has 0 amide bonds. The minimum absolute atomic E-state index is 0.0405. The zero-order valence-electron chi connectivity index (χ0n) is 20.0. The van der Waals surface area contributed by atoms with Crippen LogP contribution >= 0.6 is 0 Å². The van der Waals surface area contributed by atoms with Crippen LogP contribution in [0.2, 0.25) is 0 Å². The molecule has 0 spiro atoms. The van der Waals surface area contributed by atoms with Gasteiger partial charge in [-0.3, -0.25) is 13.5 Å². The number of methoxy groups -OCH3 is 2. The van der Waals surface area contributed by atoms with Crippen LogP contribution in [0.15, 0.2) is 47.5 Å². The summed E-state index contributed by atoms with van der Waals surface area (Å²) >= 11 is 0. The summed E-state index contributed by atoms with van der Waals surface area (Å²) in [7, 11) is -0.515. The molecule has 1 saturated heterocycles. The molecule has 0 bridgehead atoms. The van der Waals surface area contributed by atoms with Gasteiger partial charge in [-0.15, -0.1) is 0 Å². The van der Waals surface area contributed by atoms with Crippen LogP contribution in [0.25, 0.3) is 10.9 Å². The molecular weight excluding hydrogens is 474 g/mol. The van der Waals surface area contributed by atoms with Crippen molar-refractivity contribution >= 4 is 32.4 Å². The Balaban J connectivity index is 1.78. The standard InChI is InChI=1S/C24H29N3O7S/c1-31-20-12-19(13-21(15-20)32-2)26(8-11-34-35(3,29)30)18-4-5-23-22(14-18)24(28)27(16-25-23)17-6-9-33-10-7-17/h4-5,12-17H,6-11H2,1-3H3. The summed E-state index contributed by atoms with van der Waals surface area (Å²) in [6.45, 7) is 1.33. The average molecular weight is 504 g/mol. The molecule has 188 valence electrons. The van der Waals surface area contributed by atoms with E-state index >= 15 is 0 Å². The monoisotopic (exact) mass is 503 g/mol. The molecule has 0 saturated carbocycles. The summed E-state index contributed by atoms with van der Waals surface area (Å²) in [5.74, 6) is 1.13. The van der Waals surface area contributed by atoms with Gasteiger partial charge in [0.1, 0.15) is 11.5 Å². The molecular formula is C24H29N3O7S. The Labute approximate surface area is 204 Å². The number of benzene rings is 2. The highest BCUT2D eigenvalue weighted by molar-refractivity contribution is 7.85. The highest BCUT2D eigenvalue weighted by Crippen LogP contribution is 2.33. The predicted octanol–water partition coefficient (Wildman–Crippen LogP) is 2.88. The number of anilines is 2. The fourth-order valence-corrected chi connectivity index (χ4v) is 4.53. The first kappa shape index (κ1) is 25.0. The molecule has 0 N–H and O–H groups in total. The summed E-state index contributed by atoms with van der Waals surface area (Å²) in [4.78, 5) is 19.8. The van der Waals surface area contributed by atoms with Crippen LogP contribution < -0.4 is 19.9 Å². The summed E-state index contributed by atoms with van der Waals surface area (Å²) < 4.78 is 46.0. The smallest absolute Gasteiger partial charge is 0.264 e. The highest BCUT2D eigenvalue weighted by Gasteiger charge is 2.20. The second-order valence-corrected chi connectivity index (χ2v) is 9.89. The van der Waals surface area contributed by atoms with Crippen LogP contribution in [0.3, 0.4) is 0 Å². The zero-order valence-corrected chi connectivity index (χ0v) is 20.8. The maximum absolute atomic E-state index is 13.4. The fraction of sp³-hybridized carbons (Fsp3) is 0.417. The van der Waals surface area contributed by atoms with E-state index in [-0.39, 0.29) is 24.8 Å². The molecule has 0 unspecified atom stereocenters. The van der Waals surface area contributed by atoms with Gasteiger partial charge >= 0.3 is 0 Å². The van der Waals surface area contributed by atoms with Gasteiger partial charge in [-0.05, 0) is 31.0 Å². The number of nitrogens with zero attached hydrogens (tertiary/aromatic N) is 3. The Morgan fingerprint density at radius 3 is 2.37 bits per heavy atom. The number of ether oxygens (including phenoxy) is 3. The van der Waals surface area contributed by atoms with Gasteiger partial charge in [0, 0.05) is 55.4 Å². The van der Waals surface area contributed by atoms with E-state index in [1.165, 1.54) is 0 Å². The van der Waals surface area contributed by atoms with Gasteiger partial charge in [-0.2, -0.15) is 8.42 Å². The van der Waals surface area contributed by atoms with Crippen LogP contribution in [0.5, 0.6) is 11.5 Å². The van der Waals surface area contributed by atoms with Crippen molar-refractivity contribution in [2.75, 3.05) is 51.7 Å². The number of hydrogen-bond donors (Lipinski definition) is 0. The van der Waals surface area contributed by atoms with E-state index in [4.69, 9.17) is 18.4 Å². The zero-order chi connectivity index (χ0) is 25.0. The van der Waals surface area contributed by atoms with E-state index in [2.05, 4.69) is 4.98 Å². The second-order valence-electron chi connectivity index (χ2n) is 8.25. The molecule has 3 aromatic rings. The van der Waals surface area contributed by atoms with E-state index in [1.807, 2.05) is 11.0 Å². The van der Waals surface area contributed by atoms with Crippen molar-refractivity contribution in [2.45, 2.75) is 18.9 Å². The molecule has 4 rings (SSSR count). The van der Waals surface area contributed by atoms with Crippen molar-refractivity contribution in [3.63, 3.8) is 0 Å². The van der Waals surface area contributed by atoms with E-state index < -0.39 is 10.1 Å². The molecule has 11 heteroatoms. The summed E-state index contributed by atoms with van der Waals surface area (Å²) in [5.41, 5.74) is 1.82. The van der Waals surface area contributed by atoms with Crippen molar-refractivity contribution < 1.29 is 26.8 Å². The Morgan fingerprint density at radius 2 is 1.74 bits per heavy atom. The number of hydrogen-bond acceptors (Lipinski definition) is 9. The van der Waals surface area contributed by atoms with Gasteiger partial charge in [-0.1, -0.05) is 0 Å². The molecule has 0 atom stereocenters. The largest absolute Gasteiger partial charge is 0.497 e. The Hall–Kier alpha value is -3.15. The normalized spacial score (nSPS) is 14.7. The van der Waals surface area contributed by atoms with Crippen LogP contribution in [0.1, 0.15) is 18.9 Å². The maximum Gasteiger partial charge on any atom is 0.264 e. The molecule has 0 aliphatic carbocycles. The van der Waals surface area contributed by atoms with Crippen molar-refractivity contribution in [1.82, 2.24) is 9.55 Å². The molecule has 2 heterocycles. The Kier molecular flexibility index (Phi) is 7.58. The molecule has 35 heavy (non-hydrogen) atoms. The van der Waals surface area contributed by atoms with Crippen LogP contribution in [-0.4, -0.2) is 64.8 Å². The van der Waals surface area contributed by atoms with Crippen molar-refractivity contribution in [3.05, 3.63) is 53.1 Å². The lowest BCUT2D eigenvalue weighted by Crippen LogP contribution is -2.29. The summed E-state index contributed by atoms with van der Waals surface area (Å²) in [5, 5.41) is 0.473. The third-order valence-corrected chi connectivity index (χ3v) is 6.52. The number of fused-ring (bicyclic) bond motifs is 1. The van der Waals surface area contributed by atoms with Crippen molar-refractivity contribution in [3.8, 4) is 11.5 Å². The van der Waals surface area contributed by atoms with E-state index in [0.717, 1.165) is 19.1 Å². The van der Waals surface area contributed by atoms with Gasteiger partial charge in [-0.25, -0.2) is 4.98 Å². The molecule has 10 nitrogen and oxygen atoms in total. The lowest BCUT2D eigenvalue weighted by Gasteiger charge is -2.26. The second kappa shape index (κ2) is 10.6. The first-order chi connectivity index (χ1) is 16.8. The molecule has 0 radical (unpaired) electrons. The molecule has 1 fully saturated rings. The minimum atomic E-state index is -3.62. The first-order valence-corrected chi connectivity index (χ1v) is 13.0. The van der Waals surface area contributed by atoms with Crippen LogP contribution in [0, 0.1) is 0 Å². The molecule has 1 aliphatic rings. The number of rotatable bonds is 9. The Morgan fingerprint density at radius 1 is 1.06 bits per heavy atom. The number of aromatic nitrogens is 2. The minimum Gasteiger partial charge on any atom is -0.497 e. The van der Waals surface area contributed by atoms with Gasteiger partial charge in [0.05, 0.1) is 44.3 Å². The van der Waals surface area contributed by atoms with Gasteiger partial charge in [0.25, 0.3) is 15.7 Å². The van der Waals surface area contributed by atoms with E-state index in [0.29, 0.717) is 47.0 Å². The van der Waals surface area contributed by atoms with Gasteiger partial charge in [0.15, 0.2) is 0 Å². The average Bonchev–Trinajstić information content (AvgIpc) is 2.86. The lowest BCUT2D eigenvalue weighted by molar-refractivity contribution is 0.0685.